The smallest absolute Gasteiger partial charge is 0.265 e. The van der Waals surface area contributed by atoms with Crippen molar-refractivity contribution in [1.82, 2.24) is 9.55 Å². The minimum Gasteiger partial charge on any atom is -0.484 e. The quantitative estimate of drug-likeness (QED) is 0.335. The topological polar surface area (TPSA) is 82.5 Å². The Labute approximate surface area is 207 Å². The summed E-state index contributed by atoms with van der Waals surface area (Å²) >= 11 is 0. The summed E-state index contributed by atoms with van der Waals surface area (Å²) in [6.07, 6.45) is 0. The molecule has 4 aromatic carbocycles. The number of hydrogen-bond donors (Lipinski definition) is 1. The molecule has 178 valence electrons. The van der Waals surface area contributed by atoms with E-state index < -0.39 is 0 Å². The van der Waals surface area contributed by atoms with Crippen molar-refractivity contribution in [1.29, 1.82) is 0 Å². The van der Waals surface area contributed by atoms with Crippen LogP contribution in [0.1, 0.15) is 5.82 Å². The number of aryl methyl sites for hydroxylation is 1. The van der Waals surface area contributed by atoms with E-state index in [1.54, 1.807) is 66.1 Å². The van der Waals surface area contributed by atoms with Crippen molar-refractivity contribution in [3.05, 3.63) is 119 Å². The number of benzene rings is 4. The summed E-state index contributed by atoms with van der Waals surface area (Å²) in [6.45, 7) is 1.65. The third-order valence-corrected chi connectivity index (χ3v) is 5.53. The number of carbonyl (C=O) groups is 1. The summed E-state index contributed by atoms with van der Waals surface area (Å²) in [5.41, 5.74) is 1.79. The summed E-state index contributed by atoms with van der Waals surface area (Å²) < 4.78 is 12.9. The van der Waals surface area contributed by atoms with Crippen LogP contribution >= 0.6 is 0 Å². The van der Waals surface area contributed by atoms with Gasteiger partial charge in [-0.15, -0.1) is 0 Å². The highest BCUT2D eigenvalue weighted by Crippen LogP contribution is 2.23. The van der Waals surface area contributed by atoms with E-state index in [4.69, 9.17) is 9.47 Å². The molecule has 0 radical (unpaired) electrons. The lowest BCUT2D eigenvalue weighted by Crippen LogP contribution is -2.22. The number of carbonyl (C=O) groups excluding carboxylic acids is 1. The highest BCUT2D eigenvalue weighted by molar-refractivity contribution is 5.92. The fraction of sp³-hybridized carbons (Fsp3) is 0.0690. The molecule has 7 nitrogen and oxygen atoms in total. The molecule has 0 atom stereocenters. The molecule has 1 N–H and O–H groups in total. The molecular formula is C29H23N3O4. The van der Waals surface area contributed by atoms with Gasteiger partial charge in [-0.3, -0.25) is 14.2 Å². The molecule has 1 amide bonds. The average Bonchev–Trinajstić information content (AvgIpc) is 2.90. The molecular weight excluding hydrogens is 454 g/mol. The van der Waals surface area contributed by atoms with Crippen molar-refractivity contribution in [3.63, 3.8) is 0 Å². The van der Waals surface area contributed by atoms with Crippen molar-refractivity contribution in [3.8, 4) is 22.9 Å². The standard InChI is InChI=1S/C29H23N3O4/c1-20-30-27-10-6-5-9-26(27)29(34)32(20)22-13-11-21(12-14-22)31-28(33)19-35-23-15-17-25(18-16-23)36-24-7-3-2-4-8-24/h2-18H,19H2,1H3,(H,31,33). The molecule has 5 rings (SSSR count). The summed E-state index contributed by atoms with van der Waals surface area (Å²) in [7, 11) is 0. The third-order valence-electron chi connectivity index (χ3n) is 5.53. The van der Waals surface area contributed by atoms with Gasteiger partial charge in [-0.25, -0.2) is 4.98 Å². The molecule has 0 aliphatic rings. The fourth-order valence-electron chi connectivity index (χ4n) is 3.82. The number of amides is 1. The second-order valence-corrected chi connectivity index (χ2v) is 8.09. The second-order valence-electron chi connectivity index (χ2n) is 8.09. The number of ether oxygens (including phenoxy) is 2. The Balaban J connectivity index is 1.19. The number of nitrogens with one attached hydrogen (secondary N) is 1. The van der Waals surface area contributed by atoms with E-state index in [2.05, 4.69) is 10.3 Å². The highest BCUT2D eigenvalue weighted by Gasteiger charge is 2.10. The Morgan fingerprint density at radius 2 is 1.44 bits per heavy atom. The molecule has 1 aromatic heterocycles. The number of anilines is 1. The van der Waals surface area contributed by atoms with Gasteiger partial charge in [-0.05, 0) is 79.7 Å². The van der Waals surface area contributed by atoms with E-state index in [-0.39, 0.29) is 18.1 Å². The number of nitrogens with zero attached hydrogens (tertiary/aromatic N) is 2. The van der Waals surface area contributed by atoms with Crippen LogP contribution in [0.5, 0.6) is 17.2 Å². The van der Waals surface area contributed by atoms with Crippen molar-refractivity contribution < 1.29 is 14.3 Å². The molecule has 5 aromatic rings. The number of aromatic nitrogens is 2. The van der Waals surface area contributed by atoms with Crippen molar-refractivity contribution in [2.45, 2.75) is 6.92 Å². The normalized spacial score (nSPS) is 10.7. The zero-order chi connectivity index (χ0) is 24.9. The number of hydrogen-bond acceptors (Lipinski definition) is 5. The van der Waals surface area contributed by atoms with E-state index in [9.17, 15) is 9.59 Å². The van der Waals surface area contributed by atoms with Crippen molar-refractivity contribution in [2.75, 3.05) is 11.9 Å². The van der Waals surface area contributed by atoms with Crippen LogP contribution < -0.4 is 20.3 Å². The maximum Gasteiger partial charge on any atom is 0.265 e. The minimum atomic E-state index is -0.298. The molecule has 7 heteroatoms. The summed E-state index contributed by atoms with van der Waals surface area (Å²) in [5.74, 6) is 2.26. The first-order valence-corrected chi connectivity index (χ1v) is 11.4. The predicted octanol–water partition coefficient (Wildman–Crippen LogP) is 5.50. The van der Waals surface area contributed by atoms with Gasteiger partial charge in [-0.2, -0.15) is 0 Å². The SMILES string of the molecule is Cc1nc2ccccc2c(=O)n1-c1ccc(NC(=O)COc2ccc(Oc3ccccc3)cc2)cc1. The number of fused-ring (bicyclic) bond motifs is 1. The van der Waals surface area contributed by atoms with Gasteiger partial charge < -0.3 is 14.8 Å². The lowest BCUT2D eigenvalue weighted by atomic mass is 10.2. The van der Waals surface area contributed by atoms with Crippen molar-refractivity contribution >= 4 is 22.5 Å². The second kappa shape index (κ2) is 10.1. The van der Waals surface area contributed by atoms with Gasteiger partial charge in [0.1, 0.15) is 23.1 Å². The van der Waals surface area contributed by atoms with Crippen LogP contribution in [0, 0.1) is 6.92 Å². The maximum atomic E-state index is 13.0. The zero-order valence-corrected chi connectivity index (χ0v) is 19.5. The fourth-order valence-corrected chi connectivity index (χ4v) is 3.82. The molecule has 0 bridgehead atoms. The molecule has 0 aliphatic carbocycles. The third kappa shape index (κ3) is 5.10. The van der Waals surface area contributed by atoms with E-state index in [1.165, 1.54) is 0 Å². The van der Waals surface area contributed by atoms with Crippen LogP contribution in [0.15, 0.2) is 108 Å². The molecule has 0 saturated heterocycles. The van der Waals surface area contributed by atoms with Crippen molar-refractivity contribution in [2.24, 2.45) is 0 Å². The predicted molar refractivity (Wildman–Crippen MR) is 139 cm³/mol. The van der Waals surface area contributed by atoms with E-state index in [0.29, 0.717) is 39.6 Å². The molecule has 0 unspecified atom stereocenters. The van der Waals surface area contributed by atoms with Crippen LogP contribution in [0.2, 0.25) is 0 Å². The molecule has 0 spiro atoms. The van der Waals surface area contributed by atoms with Crippen LogP contribution in [0.4, 0.5) is 5.69 Å². The number of para-hydroxylation sites is 2. The van der Waals surface area contributed by atoms with Crippen LogP contribution in [-0.4, -0.2) is 22.1 Å². The molecule has 0 fully saturated rings. The molecule has 0 aliphatic heterocycles. The Kier molecular flexibility index (Phi) is 6.44. The van der Waals surface area contributed by atoms with Gasteiger partial charge in [0.2, 0.25) is 0 Å². The van der Waals surface area contributed by atoms with Crippen LogP contribution in [-0.2, 0) is 4.79 Å². The largest absolute Gasteiger partial charge is 0.484 e. The minimum absolute atomic E-state index is 0.136. The summed E-state index contributed by atoms with van der Waals surface area (Å²) in [4.78, 5) is 29.9. The van der Waals surface area contributed by atoms with Gasteiger partial charge in [0, 0.05) is 5.69 Å². The highest BCUT2D eigenvalue weighted by atomic mass is 16.5. The first-order valence-electron chi connectivity index (χ1n) is 11.4. The molecule has 0 saturated carbocycles. The monoisotopic (exact) mass is 477 g/mol. The van der Waals surface area contributed by atoms with E-state index in [0.717, 1.165) is 5.75 Å². The number of rotatable bonds is 7. The summed E-state index contributed by atoms with van der Waals surface area (Å²) in [6, 6.07) is 30.8. The van der Waals surface area contributed by atoms with Gasteiger partial charge in [0.15, 0.2) is 6.61 Å². The average molecular weight is 478 g/mol. The Hall–Kier alpha value is -4.91. The van der Waals surface area contributed by atoms with Gasteiger partial charge in [0.25, 0.3) is 11.5 Å². The molecule has 1 heterocycles. The first kappa shape index (κ1) is 22.9. The Morgan fingerprint density at radius 1 is 0.806 bits per heavy atom. The van der Waals surface area contributed by atoms with Crippen LogP contribution in [0.3, 0.4) is 0 Å². The van der Waals surface area contributed by atoms with Gasteiger partial charge >= 0.3 is 0 Å². The zero-order valence-electron chi connectivity index (χ0n) is 19.5. The van der Waals surface area contributed by atoms with E-state index in [1.807, 2.05) is 48.5 Å². The van der Waals surface area contributed by atoms with Gasteiger partial charge in [-0.1, -0.05) is 30.3 Å². The lowest BCUT2D eigenvalue weighted by molar-refractivity contribution is -0.118. The first-order chi connectivity index (χ1) is 17.6. The Bertz CT molecular complexity index is 1560. The summed E-state index contributed by atoms with van der Waals surface area (Å²) in [5, 5.41) is 3.36. The lowest BCUT2D eigenvalue weighted by Gasteiger charge is -2.12. The molecule has 36 heavy (non-hydrogen) atoms. The van der Waals surface area contributed by atoms with Crippen LogP contribution in [0.25, 0.3) is 16.6 Å². The van der Waals surface area contributed by atoms with Gasteiger partial charge in [0.05, 0.1) is 16.6 Å². The maximum absolute atomic E-state index is 13.0. The Morgan fingerprint density at radius 3 is 2.19 bits per heavy atom. The van der Waals surface area contributed by atoms with E-state index >= 15 is 0 Å².